The Morgan fingerprint density at radius 3 is 1.15 bits per heavy atom. The summed E-state index contributed by atoms with van der Waals surface area (Å²) in [5, 5.41) is 0. The lowest BCUT2D eigenvalue weighted by molar-refractivity contribution is -0.906. The number of likely N-dealkylation sites (tertiary alicyclic amines) is 1. The quantitative estimate of drug-likeness (QED) is 0.128. The van der Waals surface area contributed by atoms with E-state index in [0.717, 1.165) is 5.92 Å². The maximum Gasteiger partial charge on any atom is 0.0773 e. The summed E-state index contributed by atoms with van der Waals surface area (Å²) in [6, 6.07) is 0. The van der Waals surface area contributed by atoms with E-state index in [1.807, 2.05) is 4.90 Å². The molecule has 0 aromatic carbocycles. The van der Waals surface area contributed by atoms with Crippen LogP contribution in [-0.2, 0) is 0 Å². The van der Waals surface area contributed by atoms with Gasteiger partial charge >= 0.3 is 0 Å². The molecule has 0 amide bonds. The molecule has 1 saturated heterocycles. The van der Waals surface area contributed by atoms with Gasteiger partial charge in [0.2, 0.25) is 0 Å². The molecule has 1 aliphatic rings. The Morgan fingerprint density at radius 2 is 0.758 bits per heavy atom. The Morgan fingerprint density at radius 1 is 0.424 bits per heavy atom. The molecule has 0 aromatic heterocycles. The van der Waals surface area contributed by atoms with Gasteiger partial charge in [-0.1, -0.05) is 155 Å². The van der Waals surface area contributed by atoms with Gasteiger partial charge in [-0.3, -0.25) is 0 Å². The fraction of sp³-hybridized carbons (Fsp3) is 1.00. The second-order valence-electron chi connectivity index (χ2n) is 11.7. The van der Waals surface area contributed by atoms with E-state index in [9.17, 15) is 0 Å². The van der Waals surface area contributed by atoms with Crippen LogP contribution in [-0.4, -0.2) is 19.6 Å². The maximum atomic E-state index is 2.31. The van der Waals surface area contributed by atoms with E-state index in [2.05, 4.69) is 13.8 Å². The Balaban J connectivity index is 1.77. The highest BCUT2D eigenvalue weighted by Gasteiger charge is 2.21. The first kappa shape index (κ1) is 31.0. The van der Waals surface area contributed by atoms with Gasteiger partial charge in [0.15, 0.2) is 0 Å². The van der Waals surface area contributed by atoms with Gasteiger partial charge in [-0.15, -0.1) is 0 Å². The first-order chi connectivity index (χ1) is 16.4. The maximum absolute atomic E-state index is 2.31. The number of unbranched alkanes of at least 4 members (excludes halogenated alkanes) is 21. The van der Waals surface area contributed by atoms with E-state index in [1.165, 1.54) is 187 Å². The molecule has 1 heterocycles. The summed E-state index contributed by atoms with van der Waals surface area (Å²) in [5.74, 6) is 1.06. The average Bonchev–Trinajstić information content (AvgIpc) is 2.84. The van der Waals surface area contributed by atoms with E-state index in [-0.39, 0.29) is 0 Å². The third kappa shape index (κ3) is 21.0. The fourth-order valence-corrected chi connectivity index (χ4v) is 5.94. The Bertz CT molecular complexity index is 358. The van der Waals surface area contributed by atoms with Crippen LogP contribution in [0.3, 0.4) is 0 Å². The van der Waals surface area contributed by atoms with Crippen molar-refractivity contribution >= 4 is 0 Å². The van der Waals surface area contributed by atoms with Crippen LogP contribution >= 0.6 is 0 Å². The zero-order valence-electron chi connectivity index (χ0n) is 23.6. The molecule has 0 atom stereocenters. The van der Waals surface area contributed by atoms with Gasteiger partial charge in [0.05, 0.1) is 19.6 Å². The largest absolute Gasteiger partial charge is 0.335 e. The van der Waals surface area contributed by atoms with Crippen LogP contribution < -0.4 is 4.90 Å². The van der Waals surface area contributed by atoms with E-state index < -0.39 is 0 Å². The molecule has 1 rings (SSSR count). The Labute approximate surface area is 211 Å². The molecule has 0 radical (unpaired) electrons. The lowest BCUT2D eigenvalue weighted by Crippen LogP contribution is -3.13. The van der Waals surface area contributed by atoms with Crippen molar-refractivity contribution in [3.8, 4) is 0 Å². The molecule has 1 heteroatoms. The smallest absolute Gasteiger partial charge is 0.0773 e. The lowest BCUT2D eigenvalue weighted by Gasteiger charge is -2.29. The second kappa shape index (κ2) is 25.1. The molecule has 1 N–H and O–H groups in total. The minimum Gasteiger partial charge on any atom is -0.335 e. The topological polar surface area (TPSA) is 4.44 Å². The molecular formula is C32H66N+. The summed E-state index contributed by atoms with van der Waals surface area (Å²) in [6.07, 6.45) is 38.5. The molecule has 198 valence electrons. The normalized spacial score (nSPS) is 18.7. The van der Waals surface area contributed by atoms with Crippen LogP contribution in [0.2, 0.25) is 0 Å². The van der Waals surface area contributed by atoms with Gasteiger partial charge < -0.3 is 4.90 Å². The predicted molar refractivity (Wildman–Crippen MR) is 150 cm³/mol. The van der Waals surface area contributed by atoms with Gasteiger partial charge in [0.25, 0.3) is 0 Å². The first-order valence-electron chi connectivity index (χ1n) is 16.2. The first-order valence-corrected chi connectivity index (χ1v) is 16.2. The molecule has 0 saturated carbocycles. The third-order valence-corrected chi connectivity index (χ3v) is 8.41. The molecule has 0 aromatic rings. The highest BCUT2D eigenvalue weighted by molar-refractivity contribution is 4.63. The van der Waals surface area contributed by atoms with Crippen molar-refractivity contribution < 1.29 is 4.90 Å². The highest BCUT2D eigenvalue weighted by atomic mass is 15.1. The highest BCUT2D eigenvalue weighted by Crippen LogP contribution is 2.19. The molecule has 33 heavy (non-hydrogen) atoms. The molecule has 0 spiro atoms. The zero-order chi connectivity index (χ0) is 23.7. The van der Waals surface area contributed by atoms with Crippen LogP contribution in [0.1, 0.15) is 181 Å². The van der Waals surface area contributed by atoms with E-state index >= 15 is 0 Å². The number of nitrogens with one attached hydrogen (secondary N) is 1. The molecule has 1 fully saturated rings. The van der Waals surface area contributed by atoms with Gasteiger partial charge in [-0.25, -0.2) is 0 Å². The molecule has 0 bridgehead atoms. The summed E-state index contributed by atoms with van der Waals surface area (Å²) in [4.78, 5) is 1.93. The Kier molecular flexibility index (Phi) is 23.5. The van der Waals surface area contributed by atoms with Crippen LogP contribution in [0, 0.1) is 5.92 Å². The molecule has 1 nitrogen and oxygen atoms in total. The predicted octanol–water partition coefficient (Wildman–Crippen LogP) is 9.68. The SMILES string of the molecule is CCCCCCCCCCCCCC[NH+]1CCC(CCCCCCCCCCCCC)CC1. The van der Waals surface area contributed by atoms with Crippen molar-refractivity contribution in [3.63, 3.8) is 0 Å². The van der Waals surface area contributed by atoms with E-state index in [4.69, 9.17) is 0 Å². The second-order valence-corrected chi connectivity index (χ2v) is 11.7. The molecule has 1 aliphatic heterocycles. The summed E-state index contributed by atoms with van der Waals surface area (Å²) >= 11 is 0. The van der Waals surface area contributed by atoms with Gasteiger partial charge in [-0.05, 0) is 31.6 Å². The van der Waals surface area contributed by atoms with Crippen LogP contribution in [0.25, 0.3) is 0 Å². The summed E-state index contributed by atoms with van der Waals surface area (Å²) in [7, 11) is 0. The molecule has 0 unspecified atom stereocenters. The van der Waals surface area contributed by atoms with E-state index in [0.29, 0.717) is 0 Å². The van der Waals surface area contributed by atoms with Crippen molar-refractivity contribution in [1.82, 2.24) is 0 Å². The lowest BCUT2D eigenvalue weighted by atomic mass is 9.91. The van der Waals surface area contributed by atoms with Crippen LogP contribution in [0.15, 0.2) is 0 Å². The molecular weight excluding hydrogens is 398 g/mol. The Hall–Kier alpha value is -0.0400. The number of hydrogen-bond donors (Lipinski definition) is 1. The minimum absolute atomic E-state index is 1.06. The molecule has 0 aliphatic carbocycles. The summed E-state index contributed by atoms with van der Waals surface area (Å²) in [6.45, 7) is 9.03. The van der Waals surface area contributed by atoms with Crippen molar-refractivity contribution in [2.45, 2.75) is 181 Å². The van der Waals surface area contributed by atoms with E-state index in [1.54, 1.807) is 0 Å². The standard InChI is InChI=1S/C32H65N/c1-3-5-7-9-11-13-15-17-19-21-23-25-29-33-30-27-32(28-31-33)26-24-22-20-18-16-14-12-10-8-6-4-2/h32H,3-31H2,1-2H3/p+1. The van der Waals surface area contributed by atoms with Crippen molar-refractivity contribution in [1.29, 1.82) is 0 Å². The number of hydrogen-bond acceptors (Lipinski definition) is 0. The van der Waals surface area contributed by atoms with Crippen LogP contribution in [0.5, 0.6) is 0 Å². The number of quaternary nitrogens is 1. The number of piperidine rings is 1. The number of rotatable bonds is 25. The third-order valence-electron chi connectivity index (χ3n) is 8.41. The van der Waals surface area contributed by atoms with Crippen molar-refractivity contribution in [3.05, 3.63) is 0 Å². The van der Waals surface area contributed by atoms with Crippen molar-refractivity contribution in [2.75, 3.05) is 19.6 Å². The summed E-state index contributed by atoms with van der Waals surface area (Å²) < 4.78 is 0. The van der Waals surface area contributed by atoms with Crippen LogP contribution in [0.4, 0.5) is 0 Å². The zero-order valence-corrected chi connectivity index (χ0v) is 23.6. The fourth-order valence-electron chi connectivity index (χ4n) is 5.94. The monoisotopic (exact) mass is 465 g/mol. The summed E-state index contributed by atoms with van der Waals surface area (Å²) in [5.41, 5.74) is 0. The van der Waals surface area contributed by atoms with Gasteiger partial charge in [0.1, 0.15) is 0 Å². The van der Waals surface area contributed by atoms with Gasteiger partial charge in [-0.2, -0.15) is 0 Å². The van der Waals surface area contributed by atoms with Gasteiger partial charge in [0, 0.05) is 0 Å². The average molecular weight is 465 g/mol. The van der Waals surface area contributed by atoms with Crippen molar-refractivity contribution in [2.24, 2.45) is 5.92 Å². The minimum atomic E-state index is 1.06.